The number of carbonyl (C=O) groups excluding carboxylic acids is 1. The zero-order valence-electron chi connectivity index (χ0n) is 10.6. The number of rotatable bonds is 1. The predicted octanol–water partition coefficient (Wildman–Crippen LogP) is 0.983. The Balaban J connectivity index is 1.82. The third-order valence-electron chi connectivity index (χ3n) is 3.78. The summed E-state index contributed by atoms with van der Waals surface area (Å²) in [4.78, 5) is 14.6. The van der Waals surface area contributed by atoms with E-state index in [2.05, 4.69) is 12.2 Å². The summed E-state index contributed by atoms with van der Waals surface area (Å²) >= 11 is 0. The number of para-hydroxylation sites is 1. The SMILES string of the molecule is C[C@H]1CNCCN1C(=O)C1COc2ccccc21. The smallest absolute Gasteiger partial charge is 0.234 e. The molecule has 2 aliphatic heterocycles. The van der Waals surface area contributed by atoms with Gasteiger partial charge in [0, 0.05) is 31.2 Å². The predicted molar refractivity (Wildman–Crippen MR) is 68.7 cm³/mol. The summed E-state index contributed by atoms with van der Waals surface area (Å²) in [5.74, 6) is 0.939. The van der Waals surface area contributed by atoms with Crippen LogP contribution >= 0.6 is 0 Å². The summed E-state index contributed by atoms with van der Waals surface area (Å²) in [6, 6.07) is 8.11. The fraction of sp³-hybridized carbons (Fsp3) is 0.500. The molecule has 1 aromatic carbocycles. The lowest BCUT2D eigenvalue weighted by molar-refractivity contribution is -0.135. The fourth-order valence-electron chi connectivity index (χ4n) is 2.74. The maximum Gasteiger partial charge on any atom is 0.234 e. The van der Waals surface area contributed by atoms with Gasteiger partial charge in [0.25, 0.3) is 0 Å². The molecule has 3 rings (SSSR count). The molecule has 4 heteroatoms. The number of nitrogens with one attached hydrogen (secondary N) is 1. The van der Waals surface area contributed by atoms with Crippen LogP contribution < -0.4 is 10.1 Å². The van der Waals surface area contributed by atoms with Crippen molar-refractivity contribution in [2.24, 2.45) is 0 Å². The summed E-state index contributed by atoms with van der Waals surface area (Å²) in [5, 5.41) is 3.30. The van der Waals surface area contributed by atoms with Gasteiger partial charge in [0.1, 0.15) is 18.3 Å². The van der Waals surface area contributed by atoms with Crippen molar-refractivity contribution in [1.82, 2.24) is 10.2 Å². The zero-order chi connectivity index (χ0) is 12.5. The molecule has 1 aromatic rings. The van der Waals surface area contributed by atoms with E-state index < -0.39 is 0 Å². The summed E-state index contributed by atoms with van der Waals surface area (Å²) in [6.07, 6.45) is 0. The van der Waals surface area contributed by atoms with Gasteiger partial charge in [-0.15, -0.1) is 0 Å². The highest BCUT2D eigenvalue weighted by atomic mass is 16.5. The molecule has 18 heavy (non-hydrogen) atoms. The van der Waals surface area contributed by atoms with Gasteiger partial charge in [0.2, 0.25) is 5.91 Å². The molecular weight excluding hydrogens is 228 g/mol. The largest absolute Gasteiger partial charge is 0.492 e. The quantitative estimate of drug-likeness (QED) is 0.803. The monoisotopic (exact) mass is 246 g/mol. The lowest BCUT2D eigenvalue weighted by atomic mass is 9.98. The molecular formula is C14H18N2O2. The number of fused-ring (bicyclic) bond motifs is 1. The number of hydrogen-bond donors (Lipinski definition) is 1. The van der Waals surface area contributed by atoms with Gasteiger partial charge in [-0.2, -0.15) is 0 Å². The van der Waals surface area contributed by atoms with Crippen LogP contribution in [0, 0.1) is 0 Å². The summed E-state index contributed by atoms with van der Waals surface area (Å²) in [5.41, 5.74) is 1.04. The van der Waals surface area contributed by atoms with Crippen LogP contribution in [0.4, 0.5) is 0 Å². The van der Waals surface area contributed by atoms with E-state index in [0.717, 1.165) is 30.9 Å². The van der Waals surface area contributed by atoms with Crippen LogP contribution in [-0.4, -0.2) is 43.1 Å². The zero-order valence-corrected chi connectivity index (χ0v) is 10.6. The Morgan fingerprint density at radius 2 is 2.28 bits per heavy atom. The lowest BCUT2D eigenvalue weighted by Crippen LogP contribution is -2.53. The highest BCUT2D eigenvalue weighted by molar-refractivity contribution is 5.86. The first-order valence-corrected chi connectivity index (χ1v) is 6.50. The molecule has 0 saturated carbocycles. The Morgan fingerprint density at radius 3 is 3.11 bits per heavy atom. The molecule has 1 saturated heterocycles. The van der Waals surface area contributed by atoms with Crippen LogP contribution in [-0.2, 0) is 4.79 Å². The molecule has 0 bridgehead atoms. The Labute approximate surface area is 107 Å². The van der Waals surface area contributed by atoms with Crippen molar-refractivity contribution in [3.63, 3.8) is 0 Å². The number of benzene rings is 1. The highest BCUT2D eigenvalue weighted by Gasteiger charge is 2.35. The van der Waals surface area contributed by atoms with Gasteiger partial charge < -0.3 is 15.0 Å². The van der Waals surface area contributed by atoms with Crippen LogP contribution in [0.3, 0.4) is 0 Å². The van der Waals surface area contributed by atoms with Crippen molar-refractivity contribution in [1.29, 1.82) is 0 Å². The maximum atomic E-state index is 12.6. The molecule has 1 unspecified atom stereocenters. The molecule has 2 aliphatic rings. The molecule has 1 fully saturated rings. The second kappa shape index (κ2) is 4.61. The topological polar surface area (TPSA) is 41.6 Å². The molecule has 0 aromatic heterocycles. The molecule has 0 spiro atoms. The average molecular weight is 246 g/mol. The number of amides is 1. The van der Waals surface area contributed by atoms with Gasteiger partial charge >= 0.3 is 0 Å². The molecule has 4 nitrogen and oxygen atoms in total. The van der Waals surface area contributed by atoms with Crippen molar-refractivity contribution >= 4 is 5.91 Å². The van der Waals surface area contributed by atoms with E-state index in [1.54, 1.807) is 0 Å². The third kappa shape index (κ3) is 1.86. The standard InChI is InChI=1S/C14H18N2O2/c1-10-8-15-6-7-16(10)14(17)12-9-18-13-5-3-2-4-11(12)13/h2-5,10,12,15H,6-9H2,1H3/t10-,12?/m0/s1. The number of ether oxygens (including phenoxy) is 1. The number of nitrogens with zero attached hydrogens (tertiary/aromatic N) is 1. The summed E-state index contributed by atoms with van der Waals surface area (Å²) in [7, 11) is 0. The third-order valence-corrected chi connectivity index (χ3v) is 3.78. The van der Waals surface area contributed by atoms with Gasteiger partial charge in [-0.05, 0) is 13.0 Å². The second-order valence-corrected chi connectivity index (χ2v) is 4.99. The maximum absolute atomic E-state index is 12.6. The number of hydrogen-bond acceptors (Lipinski definition) is 3. The highest BCUT2D eigenvalue weighted by Crippen LogP contribution is 2.34. The second-order valence-electron chi connectivity index (χ2n) is 4.99. The molecule has 1 amide bonds. The minimum Gasteiger partial charge on any atom is -0.492 e. The Kier molecular flexibility index (Phi) is 2.96. The number of piperazine rings is 1. The van der Waals surface area contributed by atoms with Gasteiger partial charge in [0.05, 0.1) is 0 Å². The van der Waals surface area contributed by atoms with E-state index in [4.69, 9.17) is 4.74 Å². The summed E-state index contributed by atoms with van der Waals surface area (Å²) < 4.78 is 5.60. The Bertz CT molecular complexity index is 461. The first kappa shape index (κ1) is 11.5. The van der Waals surface area contributed by atoms with Gasteiger partial charge in [-0.25, -0.2) is 0 Å². The van der Waals surface area contributed by atoms with Crippen molar-refractivity contribution in [3.05, 3.63) is 29.8 Å². The van der Waals surface area contributed by atoms with E-state index in [0.29, 0.717) is 6.61 Å². The molecule has 0 radical (unpaired) electrons. The van der Waals surface area contributed by atoms with Crippen molar-refractivity contribution in [2.75, 3.05) is 26.2 Å². The Morgan fingerprint density at radius 1 is 1.44 bits per heavy atom. The van der Waals surface area contributed by atoms with Crippen LogP contribution in [0.5, 0.6) is 5.75 Å². The van der Waals surface area contributed by atoms with Gasteiger partial charge in [-0.1, -0.05) is 18.2 Å². The van der Waals surface area contributed by atoms with E-state index >= 15 is 0 Å². The fourth-order valence-corrected chi connectivity index (χ4v) is 2.74. The van der Waals surface area contributed by atoms with Crippen molar-refractivity contribution in [3.8, 4) is 5.75 Å². The number of carbonyl (C=O) groups is 1. The normalized spacial score (nSPS) is 26.6. The van der Waals surface area contributed by atoms with Gasteiger partial charge in [0.15, 0.2) is 0 Å². The van der Waals surface area contributed by atoms with Crippen LogP contribution in [0.2, 0.25) is 0 Å². The first-order valence-electron chi connectivity index (χ1n) is 6.50. The minimum absolute atomic E-state index is 0.123. The minimum atomic E-state index is -0.123. The van der Waals surface area contributed by atoms with Crippen LogP contribution in [0.15, 0.2) is 24.3 Å². The molecule has 96 valence electrons. The van der Waals surface area contributed by atoms with Crippen molar-refractivity contribution < 1.29 is 9.53 Å². The molecule has 2 atom stereocenters. The van der Waals surface area contributed by atoms with E-state index in [1.807, 2.05) is 29.2 Å². The van der Waals surface area contributed by atoms with Crippen molar-refractivity contribution in [2.45, 2.75) is 18.9 Å². The van der Waals surface area contributed by atoms with Crippen LogP contribution in [0.1, 0.15) is 18.4 Å². The van der Waals surface area contributed by atoms with Gasteiger partial charge in [-0.3, -0.25) is 4.79 Å². The van der Waals surface area contributed by atoms with E-state index in [-0.39, 0.29) is 17.9 Å². The van der Waals surface area contributed by atoms with Crippen LogP contribution in [0.25, 0.3) is 0 Å². The lowest BCUT2D eigenvalue weighted by Gasteiger charge is -2.35. The van der Waals surface area contributed by atoms with E-state index in [1.165, 1.54) is 0 Å². The molecule has 0 aliphatic carbocycles. The first-order chi connectivity index (χ1) is 8.77. The van der Waals surface area contributed by atoms with E-state index in [9.17, 15) is 4.79 Å². The molecule has 1 N–H and O–H groups in total. The average Bonchev–Trinajstić information content (AvgIpc) is 2.82. The Hall–Kier alpha value is -1.55. The molecule has 2 heterocycles. The summed E-state index contributed by atoms with van der Waals surface area (Å²) in [6.45, 7) is 5.12.